The lowest BCUT2D eigenvalue weighted by Gasteiger charge is -2.37. The summed E-state index contributed by atoms with van der Waals surface area (Å²) in [6, 6.07) is 11.3. The number of piperazine rings is 1. The standard InChI is InChI=1S/C23H29N3O6S/c1-16(2)21(24-33(30,31)18-10-8-17(32-3)9-11-18)23(29)26-14-12-25(13-15-26)22(28)19-6-4-5-7-20(19)27/h4-11,16,21,24,27H,12-15H2,1-3H3/t21-/m0/s1. The number of benzene rings is 2. The van der Waals surface area contributed by atoms with E-state index < -0.39 is 16.1 Å². The van der Waals surface area contributed by atoms with E-state index in [0.717, 1.165) is 0 Å². The van der Waals surface area contributed by atoms with Gasteiger partial charge in [0.1, 0.15) is 17.5 Å². The topological polar surface area (TPSA) is 116 Å². The van der Waals surface area contributed by atoms with E-state index in [0.29, 0.717) is 5.75 Å². The van der Waals surface area contributed by atoms with Crippen LogP contribution in [0.15, 0.2) is 53.4 Å². The number of carbonyl (C=O) groups excluding carboxylic acids is 2. The maximum Gasteiger partial charge on any atom is 0.257 e. The lowest BCUT2D eigenvalue weighted by atomic mass is 10.0. The minimum atomic E-state index is -3.92. The Morgan fingerprint density at radius 2 is 1.55 bits per heavy atom. The van der Waals surface area contributed by atoms with E-state index in [1.54, 1.807) is 54.0 Å². The number of sulfonamides is 1. The minimum Gasteiger partial charge on any atom is -0.507 e. The molecule has 10 heteroatoms. The highest BCUT2D eigenvalue weighted by molar-refractivity contribution is 7.89. The summed E-state index contributed by atoms with van der Waals surface area (Å²) in [4.78, 5) is 29.1. The molecule has 2 aromatic rings. The first-order valence-electron chi connectivity index (χ1n) is 10.7. The molecule has 178 valence electrons. The van der Waals surface area contributed by atoms with E-state index in [9.17, 15) is 23.1 Å². The number of phenols is 1. The van der Waals surface area contributed by atoms with Crippen LogP contribution >= 0.6 is 0 Å². The van der Waals surface area contributed by atoms with Crippen LogP contribution in [0.3, 0.4) is 0 Å². The average molecular weight is 476 g/mol. The molecule has 33 heavy (non-hydrogen) atoms. The van der Waals surface area contributed by atoms with Gasteiger partial charge in [0.25, 0.3) is 5.91 Å². The zero-order valence-electron chi connectivity index (χ0n) is 18.9. The third-order valence-corrected chi connectivity index (χ3v) is 7.05. The van der Waals surface area contributed by atoms with Crippen molar-refractivity contribution in [2.75, 3.05) is 33.3 Å². The molecular weight excluding hydrogens is 446 g/mol. The molecule has 2 N–H and O–H groups in total. The number of carbonyl (C=O) groups is 2. The molecule has 0 bridgehead atoms. The number of amides is 2. The van der Waals surface area contributed by atoms with Gasteiger partial charge >= 0.3 is 0 Å². The van der Waals surface area contributed by atoms with Crippen LogP contribution in [0.4, 0.5) is 0 Å². The Morgan fingerprint density at radius 3 is 2.09 bits per heavy atom. The highest BCUT2D eigenvalue weighted by atomic mass is 32.2. The first-order chi connectivity index (χ1) is 15.6. The molecule has 0 aromatic heterocycles. The molecule has 0 radical (unpaired) electrons. The fourth-order valence-electron chi connectivity index (χ4n) is 3.61. The maximum absolute atomic E-state index is 13.2. The van der Waals surface area contributed by atoms with Gasteiger partial charge in [-0.15, -0.1) is 0 Å². The number of rotatable bonds is 7. The lowest BCUT2D eigenvalue weighted by Crippen LogP contribution is -2.57. The SMILES string of the molecule is COc1ccc(S(=O)(=O)N[C@H](C(=O)N2CCN(C(=O)c3ccccc3O)CC2)C(C)C)cc1. The second-order valence-electron chi connectivity index (χ2n) is 8.15. The van der Waals surface area contributed by atoms with Gasteiger partial charge in [0, 0.05) is 26.2 Å². The Kier molecular flexibility index (Phi) is 7.60. The molecule has 0 saturated carbocycles. The third-order valence-electron chi connectivity index (χ3n) is 5.60. The maximum atomic E-state index is 13.2. The molecule has 1 aliphatic rings. The van der Waals surface area contributed by atoms with Gasteiger partial charge in [-0.25, -0.2) is 8.42 Å². The molecule has 0 unspecified atom stereocenters. The van der Waals surface area contributed by atoms with E-state index >= 15 is 0 Å². The van der Waals surface area contributed by atoms with Gasteiger partial charge < -0.3 is 19.6 Å². The molecule has 1 aliphatic heterocycles. The Hall–Kier alpha value is -3.11. The second-order valence-corrected chi connectivity index (χ2v) is 9.87. The molecular formula is C23H29N3O6S. The Labute approximate surface area is 194 Å². The number of aromatic hydroxyl groups is 1. The first-order valence-corrected chi connectivity index (χ1v) is 12.1. The Morgan fingerprint density at radius 1 is 0.970 bits per heavy atom. The van der Waals surface area contributed by atoms with Crippen molar-refractivity contribution >= 4 is 21.8 Å². The number of nitrogens with one attached hydrogen (secondary N) is 1. The van der Waals surface area contributed by atoms with Crippen molar-refractivity contribution in [2.24, 2.45) is 5.92 Å². The van der Waals surface area contributed by atoms with Crippen molar-refractivity contribution in [1.82, 2.24) is 14.5 Å². The van der Waals surface area contributed by atoms with Crippen molar-refractivity contribution in [2.45, 2.75) is 24.8 Å². The van der Waals surface area contributed by atoms with Crippen molar-refractivity contribution < 1.29 is 27.9 Å². The van der Waals surface area contributed by atoms with Gasteiger partial charge in [-0.2, -0.15) is 4.72 Å². The summed E-state index contributed by atoms with van der Waals surface area (Å²) in [5.41, 5.74) is 0.213. The smallest absolute Gasteiger partial charge is 0.257 e. The summed E-state index contributed by atoms with van der Waals surface area (Å²) < 4.78 is 33.3. The van der Waals surface area contributed by atoms with Crippen LogP contribution in [0.5, 0.6) is 11.5 Å². The first kappa shape index (κ1) is 24.5. The van der Waals surface area contributed by atoms with Gasteiger partial charge in [-0.3, -0.25) is 9.59 Å². The predicted molar refractivity (Wildman–Crippen MR) is 123 cm³/mol. The summed E-state index contributed by atoms with van der Waals surface area (Å²) in [6.07, 6.45) is 0. The lowest BCUT2D eigenvalue weighted by molar-refractivity contribution is -0.135. The van der Waals surface area contributed by atoms with E-state index in [1.807, 2.05) is 0 Å². The average Bonchev–Trinajstić information content (AvgIpc) is 2.82. The molecule has 0 aliphatic carbocycles. The largest absolute Gasteiger partial charge is 0.507 e. The van der Waals surface area contributed by atoms with Crippen molar-refractivity contribution in [3.05, 3.63) is 54.1 Å². The molecule has 0 spiro atoms. The molecule has 1 saturated heterocycles. The highest BCUT2D eigenvalue weighted by Crippen LogP contribution is 2.20. The molecule has 1 atom stereocenters. The van der Waals surface area contributed by atoms with E-state index in [4.69, 9.17) is 4.74 Å². The molecule has 1 fully saturated rings. The number of hydrogen-bond acceptors (Lipinski definition) is 6. The fraction of sp³-hybridized carbons (Fsp3) is 0.391. The summed E-state index contributed by atoms with van der Waals surface area (Å²) in [6.45, 7) is 4.66. The van der Waals surface area contributed by atoms with Crippen LogP contribution in [0.1, 0.15) is 24.2 Å². The van der Waals surface area contributed by atoms with E-state index in [1.165, 1.54) is 25.3 Å². The fourth-order valence-corrected chi connectivity index (χ4v) is 4.95. The monoisotopic (exact) mass is 475 g/mol. The van der Waals surface area contributed by atoms with Gasteiger partial charge in [-0.1, -0.05) is 26.0 Å². The van der Waals surface area contributed by atoms with Crippen molar-refractivity contribution in [3.8, 4) is 11.5 Å². The van der Waals surface area contributed by atoms with Crippen LogP contribution in [0.2, 0.25) is 0 Å². The summed E-state index contributed by atoms with van der Waals surface area (Å²) in [7, 11) is -2.43. The van der Waals surface area contributed by atoms with Crippen molar-refractivity contribution in [3.63, 3.8) is 0 Å². The zero-order valence-corrected chi connectivity index (χ0v) is 19.7. The minimum absolute atomic E-state index is 0.0415. The molecule has 1 heterocycles. The summed E-state index contributed by atoms with van der Waals surface area (Å²) in [5.74, 6) is -0.487. The molecule has 2 aromatic carbocycles. The number of para-hydroxylation sites is 1. The number of nitrogens with zero attached hydrogens (tertiary/aromatic N) is 2. The van der Waals surface area contributed by atoms with Crippen LogP contribution in [0.25, 0.3) is 0 Å². The molecule has 2 amide bonds. The Bertz CT molecular complexity index is 1090. The van der Waals surface area contributed by atoms with Crippen LogP contribution in [0, 0.1) is 5.92 Å². The van der Waals surface area contributed by atoms with Crippen LogP contribution in [-0.4, -0.2) is 74.5 Å². The predicted octanol–water partition coefficient (Wildman–Crippen LogP) is 1.69. The van der Waals surface area contributed by atoms with Crippen molar-refractivity contribution in [1.29, 1.82) is 0 Å². The van der Waals surface area contributed by atoms with Gasteiger partial charge in [0.15, 0.2) is 0 Å². The van der Waals surface area contributed by atoms with E-state index in [-0.39, 0.29) is 60.1 Å². The van der Waals surface area contributed by atoms with Gasteiger partial charge in [0.2, 0.25) is 15.9 Å². The number of hydrogen-bond donors (Lipinski definition) is 2. The van der Waals surface area contributed by atoms with Gasteiger partial charge in [0.05, 0.1) is 17.6 Å². The Balaban J connectivity index is 1.67. The zero-order chi connectivity index (χ0) is 24.2. The number of ether oxygens (including phenoxy) is 1. The second kappa shape index (κ2) is 10.2. The summed E-state index contributed by atoms with van der Waals surface area (Å²) in [5, 5.41) is 9.93. The number of phenolic OH excluding ortho intramolecular Hbond substituents is 1. The molecule has 3 rings (SSSR count). The van der Waals surface area contributed by atoms with Crippen LogP contribution < -0.4 is 9.46 Å². The summed E-state index contributed by atoms with van der Waals surface area (Å²) >= 11 is 0. The third kappa shape index (κ3) is 5.63. The quantitative estimate of drug-likeness (QED) is 0.630. The van der Waals surface area contributed by atoms with Crippen LogP contribution in [-0.2, 0) is 14.8 Å². The van der Waals surface area contributed by atoms with Gasteiger partial charge in [-0.05, 0) is 42.3 Å². The van der Waals surface area contributed by atoms with E-state index in [2.05, 4.69) is 4.72 Å². The molecule has 9 nitrogen and oxygen atoms in total. The number of methoxy groups -OCH3 is 1. The highest BCUT2D eigenvalue weighted by Gasteiger charge is 2.34. The normalized spacial score (nSPS) is 15.4.